The fourth-order valence-corrected chi connectivity index (χ4v) is 2.86. The van der Waals surface area contributed by atoms with Crippen LogP contribution in [-0.4, -0.2) is 17.1 Å². The zero-order chi connectivity index (χ0) is 17.6. The molecule has 1 aromatic carbocycles. The molecule has 2 aromatic heterocycles. The van der Waals surface area contributed by atoms with E-state index in [2.05, 4.69) is 20.8 Å². The van der Waals surface area contributed by atoms with Crippen LogP contribution in [0.4, 0.5) is 10.1 Å². The summed E-state index contributed by atoms with van der Waals surface area (Å²) in [6.07, 6.45) is 3.15. The summed E-state index contributed by atoms with van der Waals surface area (Å²) in [5.74, 6) is 0.478. The van der Waals surface area contributed by atoms with Crippen LogP contribution in [0.5, 0.6) is 0 Å². The van der Waals surface area contributed by atoms with Crippen molar-refractivity contribution in [2.24, 2.45) is 11.0 Å². The highest BCUT2D eigenvalue weighted by molar-refractivity contribution is 7.20. The molecule has 6 nitrogen and oxygen atoms in total. The lowest BCUT2D eigenvalue weighted by Crippen LogP contribution is -2.17. The number of hydrazone groups is 1. The number of nitrogens with one attached hydrogen (secondary N) is 2. The van der Waals surface area contributed by atoms with Crippen LogP contribution >= 0.6 is 11.3 Å². The van der Waals surface area contributed by atoms with Crippen LogP contribution < -0.4 is 10.7 Å². The number of aromatic nitrogens is 1. The van der Waals surface area contributed by atoms with E-state index in [9.17, 15) is 4.79 Å². The fraction of sp³-hybridized carbons (Fsp3) is 0.167. The molecule has 0 atom stereocenters. The molecular weight excluding hydrogens is 336 g/mol. The van der Waals surface area contributed by atoms with E-state index in [-0.39, 0.29) is 11.8 Å². The maximum absolute atomic E-state index is 12.1. The number of hydrogen-bond donors (Lipinski definition) is 2. The van der Waals surface area contributed by atoms with Gasteiger partial charge in [-0.3, -0.25) is 10.2 Å². The van der Waals surface area contributed by atoms with Gasteiger partial charge in [0.25, 0.3) is 0 Å². The molecule has 0 bridgehead atoms. The van der Waals surface area contributed by atoms with Crippen molar-refractivity contribution in [1.29, 1.82) is 0 Å². The number of carbonyl (C=O) groups excluding carboxylic acids is 1. The van der Waals surface area contributed by atoms with E-state index in [0.717, 1.165) is 11.3 Å². The van der Waals surface area contributed by atoms with Gasteiger partial charge in [0, 0.05) is 11.5 Å². The van der Waals surface area contributed by atoms with E-state index in [1.54, 1.807) is 24.6 Å². The van der Waals surface area contributed by atoms with Crippen LogP contribution in [0, 0.1) is 5.92 Å². The summed E-state index contributed by atoms with van der Waals surface area (Å²) in [7, 11) is 0. The molecule has 3 rings (SSSR count). The number of nitrogens with zero attached hydrogens (tertiary/aromatic N) is 2. The second kappa shape index (κ2) is 7.76. The summed E-state index contributed by atoms with van der Waals surface area (Å²) in [5, 5.41) is 8.33. The van der Waals surface area contributed by atoms with Gasteiger partial charge in [-0.25, -0.2) is 4.98 Å². The lowest BCUT2D eigenvalue weighted by atomic mass is 10.1. The second-order valence-electron chi connectivity index (χ2n) is 5.59. The fourth-order valence-electron chi connectivity index (χ4n) is 2.02. The summed E-state index contributed by atoms with van der Waals surface area (Å²) < 4.78 is 5.19. The molecule has 0 saturated carbocycles. The molecular formula is C18H18N4O2S. The number of carbonyl (C=O) groups is 1. The molecule has 2 N–H and O–H groups in total. The summed E-state index contributed by atoms with van der Waals surface area (Å²) in [4.78, 5) is 16.6. The first kappa shape index (κ1) is 16.9. The lowest BCUT2D eigenvalue weighted by molar-refractivity contribution is -0.118. The first-order valence-corrected chi connectivity index (χ1v) is 8.65. The third kappa shape index (κ3) is 4.33. The van der Waals surface area contributed by atoms with Crippen LogP contribution in [0.3, 0.4) is 0 Å². The Labute approximate surface area is 149 Å². The third-order valence-corrected chi connectivity index (χ3v) is 4.21. The van der Waals surface area contributed by atoms with Crippen LogP contribution in [0.1, 0.15) is 19.6 Å². The molecule has 25 heavy (non-hydrogen) atoms. The Hall–Kier alpha value is -2.93. The van der Waals surface area contributed by atoms with Gasteiger partial charge in [-0.1, -0.05) is 55.5 Å². The number of anilines is 2. The van der Waals surface area contributed by atoms with Crippen molar-refractivity contribution in [1.82, 2.24) is 4.98 Å². The monoisotopic (exact) mass is 354 g/mol. The average molecular weight is 354 g/mol. The zero-order valence-corrected chi connectivity index (χ0v) is 14.7. The standard InChI is InChI=1S/C18H18N4O2S/c1-12(2)16(23)21-17-15(13-7-4-3-5-8-13)20-18(25-17)22-19-11-14-9-6-10-24-14/h3-12H,1-2H3,(H,20,22)(H,21,23)/b19-11-. The highest BCUT2D eigenvalue weighted by Crippen LogP contribution is 2.36. The Kier molecular flexibility index (Phi) is 5.25. The first-order chi connectivity index (χ1) is 12.1. The number of benzene rings is 1. The minimum absolute atomic E-state index is 0.0496. The Morgan fingerprint density at radius 1 is 1.24 bits per heavy atom. The Morgan fingerprint density at radius 3 is 2.72 bits per heavy atom. The van der Waals surface area contributed by atoms with Gasteiger partial charge in [0.1, 0.15) is 16.5 Å². The first-order valence-electron chi connectivity index (χ1n) is 7.83. The van der Waals surface area contributed by atoms with Crippen molar-refractivity contribution in [3.63, 3.8) is 0 Å². The maximum Gasteiger partial charge on any atom is 0.227 e. The summed E-state index contributed by atoms with van der Waals surface area (Å²) >= 11 is 1.34. The topological polar surface area (TPSA) is 79.5 Å². The average Bonchev–Trinajstić information content (AvgIpc) is 3.26. The van der Waals surface area contributed by atoms with Crippen molar-refractivity contribution in [2.45, 2.75) is 13.8 Å². The zero-order valence-electron chi connectivity index (χ0n) is 13.9. The smallest absolute Gasteiger partial charge is 0.227 e. The van der Waals surface area contributed by atoms with Crippen LogP contribution in [0.15, 0.2) is 58.2 Å². The van der Waals surface area contributed by atoms with Gasteiger partial charge in [0.05, 0.1) is 12.5 Å². The molecule has 0 unspecified atom stereocenters. The normalized spacial score (nSPS) is 11.2. The molecule has 3 aromatic rings. The molecule has 1 amide bonds. The van der Waals surface area contributed by atoms with Gasteiger partial charge in [0.15, 0.2) is 0 Å². The van der Waals surface area contributed by atoms with Gasteiger partial charge >= 0.3 is 0 Å². The Balaban J connectivity index is 1.84. The summed E-state index contributed by atoms with van der Waals surface area (Å²) in [6.45, 7) is 3.71. The Bertz CT molecular complexity index is 855. The minimum Gasteiger partial charge on any atom is -0.463 e. The van der Waals surface area contributed by atoms with Gasteiger partial charge < -0.3 is 9.73 Å². The van der Waals surface area contributed by atoms with E-state index < -0.39 is 0 Å². The van der Waals surface area contributed by atoms with Crippen LogP contribution in [0.25, 0.3) is 11.3 Å². The molecule has 0 saturated heterocycles. The number of amides is 1. The largest absolute Gasteiger partial charge is 0.463 e. The van der Waals surface area contributed by atoms with Crippen LogP contribution in [0.2, 0.25) is 0 Å². The summed E-state index contributed by atoms with van der Waals surface area (Å²) in [6, 6.07) is 13.3. The number of rotatable bonds is 6. The van der Waals surface area contributed by atoms with Gasteiger partial charge in [-0.2, -0.15) is 5.10 Å². The predicted molar refractivity (Wildman–Crippen MR) is 101 cm³/mol. The van der Waals surface area contributed by atoms with E-state index in [0.29, 0.717) is 15.9 Å². The molecule has 0 fully saturated rings. The predicted octanol–water partition coefficient (Wildman–Crippen LogP) is 4.44. The number of furan rings is 1. The molecule has 2 heterocycles. The molecule has 0 aliphatic heterocycles. The van der Waals surface area contributed by atoms with Crippen LogP contribution in [-0.2, 0) is 4.79 Å². The molecule has 0 aliphatic rings. The van der Waals surface area contributed by atoms with Crippen molar-refractivity contribution in [3.05, 3.63) is 54.5 Å². The quantitative estimate of drug-likeness (QED) is 0.506. The number of thiazole rings is 1. The van der Waals surface area contributed by atoms with Crippen molar-refractivity contribution >= 4 is 33.6 Å². The van der Waals surface area contributed by atoms with Gasteiger partial charge in [-0.15, -0.1) is 0 Å². The van der Waals surface area contributed by atoms with E-state index >= 15 is 0 Å². The van der Waals surface area contributed by atoms with Crippen molar-refractivity contribution < 1.29 is 9.21 Å². The highest BCUT2D eigenvalue weighted by Gasteiger charge is 2.16. The maximum atomic E-state index is 12.1. The summed E-state index contributed by atoms with van der Waals surface area (Å²) in [5.41, 5.74) is 4.53. The number of hydrogen-bond acceptors (Lipinski definition) is 6. The van der Waals surface area contributed by atoms with Gasteiger partial charge in [0.2, 0.25) is 11.0 Å². The Morgan fingerprint density at radius 2 is 2.04 bits per heavy atom. The van der Waals surface area contributed by atoms with Crippen molar-refractivity contribution in [3.8, 4) is 11.3 Å². The molecule has 0 spiro atoms. The van der Waals surface area contributed by atoms with E-state index in [1.807, 2.05) is 44.2 Å². The molecule has 128 valence electrons. The molecule has 7 heteroatoms. The van der Waals surface area contributed by atoms with Crippen molar-refractivity contribution in [2.75, 3.05) is 10.7 Å². The van der Waals surface area contributed by atoms with E-state index in [4.69, 9.17) is 4.42 Å². The highest BCUT2D eigenvalue weighted by atomic mass is 32.1. The van der Waals surface area contributed by atoms with Gasteiger partial charge in [-0.05, 0) is 12.1 Å². The second-order valence-corrected chi connectivity index (χ2v) is 6.59. The van der Waals surface area contributed by atoms with E-state index in [1.165, 1.54) is 11.3 Å². The third-order valence-electron chi connectivity index (χ3n) is 3.33. The minimum atomic E-state index is -0.112. The SMILES string of the molecule is CC(C)C(=O)Nc1sc(N/N=C\c2ccco2)nc1-c1ccccc1. The molecule has 0 radical (unpaired) electrons. The molecule has 0 aliphatic carbocycles. The lowest BCUT2D eigenvalue weighted by Gasteiger charge is -2.07.